The molecule has 0 radical (unpaired) electrons. The lowest BCUT2D eigenvalue weighted by Crippen LogP contribution is -2.47. The van der Waals surface area contributed by atoms with Crippen LogP contribution in [0.25, 0.3) is 0 Å². The number of hydrogen-bond donors (Lipinski definition) is 1. The van der Waals surface area contributed by atoms with Crippen molar-refractivity contribution in [3.8, 4) is 6.07 Å². The zero-order valence-electron chi connectivity index (χ0n) is 18.7. The van der Waals surface area contributed by atoms with E-state index in [-0.39, 0.29) is 25.0 Å². The van der Waals surface area contributed by atoms with E-state index in [0.29, 0.717) is 25.1 Å². The van der Waals surface area contributed by atoms with Crippen LogP contribution in [0.15, 0.2) is 61.1 Å². The van der Waals surface area contributed by atoms with Gasteiger partial charge in [0.05, 0.1) is 35.4 Å². The van der Waals surface area contributed by atoms with Crippen LogP contribution in [-0.2, 0) is 29.5 Å². The number of benzene rings is 2. The number of rotatable bonds is 6. The molecule has 1 aromatic heterocycles. The maximum Gasteiger partial charge on any atom is 0.217 e. The molecule has 1 N–H and O–H groups in total. The molecule has 9 heteroatoms. The SMILES string of the molecule is CC(C)S(=O)(=O)N1Cc2cc(C#N)ccc2N(Cc2cnc[nH]2)C[C@H]1Cc1ccccc1.Cl. The molecule has 0 aliphatic carbocycles. The average Bonchev–Trinajstić information content (AvgIpc) is 3.24. The quantitative estimate of drug-likeness (QED) is 0.572. The Kier molecular flexibility index (Phi) is 7.80. The van der Waals surface area contributed by atoms with Gasteiger partial charge in [-0.25, -0.2) is 13.4 Å². The zero-order chi connectivity index (χ0) is 22.7. The number of nitrogens with one attached hydrogen (secondary N) is 1. The highest BCUT2D eigenvalue weighted by molar-refractivity contribution is 7.89. The third-order valence-electron chi connectivity index (χ3n) is 5.87. The van der Waals surface area contributed by atoms with Crippen LogP contribution in [-0.4, -0.2) is 40.5 Å². The van der Waals surface area contributed by atoms with Gasteiger partial charge in [0.2, 0.25) is 10.0 Å². The van der Waals surface area contributed by atoms with Crippen LogP contribution in [0.4, 0.5) is 5.69 Å². The van der Waals surface area contributed by atoms with Crippen LogP contribution in [0.1, 0.15) is 36.2 Å². The van der Waals surface area contributed by atoms with Gasteiger partial charge >= 0.3 is 0 Å². The summed E-state index contributed by atoms with van der Waals surface area (Å²) in [6, 6.07) is 17.4. The molecule has 0 saturated heterocycles. The lowest BCUT2D eigenvalue weighted by Gasteiger charge is -2.33. The number of nitriles is 1. The molecule has 1 aliphatic rings. The first-order valence-electron chi connectivity index (χ1n) is 10.7. The fraction of sp³-hybridized carbons (Fsp3) is 0.333. The van der Waals surface area contributed by atoms with Crippen LogP contribution in [0, 0.1) is 11.3 Å². The Morgan fingerprint density at radius 1 is 1.21 bits per heavy atom. The second kappa shape index (κ2) is 10.4. The van der Waals surface area contributed by atoms with Crippen molar-refractivity contribution in [2.75, 3.05) is 11.4 Å². The Morgan fingerprint density at radius 2 is 1.97 bits per heavy atom. The highest BCUT2D eigenvalue weighted by Gasteiger charge is 2.37. The summed E-state index contributed by atoms with van der Waals surface area (Å²) >= 11 is 0. The minimum atomic E-state index is -3.54. The smallest absolute Gasteiger partial charge is 0.217 e. The fourth-order valence-corrected chi connectivity index (χ4v) is 5.60. The highest BCUT2D eigenvalue weighted by Crippen LogP contribution is 2.32. The molecule has 0 amide bonds. The van der Waals surface area contributed by atoms with E-state index in [9.17, 15) is 13.7 Å². The van der Waals surface area contributed by atoms with E-state index >= 15 is 0 Å². The third kappa shape index (κ3) is 5.38. The first-order valence-corrected chi connectivity index (χ1v) is 12.2. The second-order valence-electron chi connectivity index (χ2n) is 8.40. The van der Waals surface area contributed by atoms with Crippen LogP contribution >= 0.6 is 12.4 Å². The molecule has 1 atom stereocenters. The summed E-state index contributed by atoms with van der Waals surface area (Å²) in [6.07, 6.45) is 4.03. The van der Waals surface area contributed by atoms with E-state index in [4.69, 9.17) is 0 Å². The molecule has 7 nitrogen and oxygen atoms in total. The van der Waals surface area contributed by atoms with Crippen molar-refractivity contribution in [2.24, 2.45) is 0 Å². The van der Waals surface area contributed by atoms with Crippen LogP contribution in [0.5, 0.6) is 0 Å². The number of aromatic nitrogens is 2. The highest BCUT2D eigenvalue weighted by atomic mass is 35.5. The van der Waals surface area contributed by atoms with Gasteiger partial charge in [0.1, 0.15) is 0 Å². The summed E-state index contributed by atoms with van der Waals surface area (Å²) in [5, 5.41) is 8.90. The number of H-pyrrole nitrogens is 1. The van der Waals surface area contributed by atoms with Crippen LogP contribution < -0.4 is 4.90 Å². The molecular formula is C24H28ClN5O2S. The molecule has 3 aromatic rings. The van der Waals surface area contributed by atoms with Gasteiger partial charge in [-0.05, 0) is 49.6 Å². The first kappa shape index (κ1) is 24.8. The van der Waals surface area contributed by atoms with Gasteiger partial charge in [-0.3, -0.25) is 0 Å². The number of aromatic amines is 1. The predicted molar refractivity (Wildman–Crippen MR) is 132 cm³/mol. The minimum absolute atomic E-state index is 0. The summed E-state index contributed by atoms with van der Waals surface area (Å²) in [5.41, 5.74) is 4.33. The maximum absolute atomic E-state index is 13.5. The number of fused-ring (bicyclic) bond motifs is 1. The Morgan fingerprint density at radius 3 is 2.61 bits per heavy atom. The van der Waals surface area contributed by atoms with Gasteiger partial charge in [-0.15, -0.1) is 12.4 Å². The van der Waals surface area contributed by atoms with Gasteiger partial charge in [0.15, 0.2) is 0 Å². The summed E-state index contributed by atoms with van der Waals surface area (Å²) < 4.78 is 28.5. The van der Waals surface area contributed by atoms with E-state index in [1.165, 1.54) is 0 Å². The lowest BCUT2D eigenvalue weighted by atomic mass is 10.1. The molecule has 2 heterocycles. The Balaban J connectivity index is 0.00000306. The van der Waals surface area contributed by atoms with E-state index in [1.54, 1.807) is 36.7 Å². The van der Waals surface area contributed by atoms with Gasteiger partial charge in [-0.1, -0.05) is 30.3 Å². The number of anilines is 1. The van der Waals surface area contributed by atoms with E-state index in [0.717, 1.165) is 22.5 Å². The van der Waals surface area contributed by atoms with Gasteiger partial charge in [-0.2, -0.15) is 9.57 Å². The summed E-state index contributed by atoms with van der Waals surface area (Å²) in [5.74, 6) is 0. The molecule has 1 aliphatic heterocycles. The molecule has 0 bridgehead atoms. The van der Waals surface area contributed by atoms with Crippen molar-refractivity contribution in [3.05, 3.63) is 83.4 Å². The molecule has 0 spiro atoms. The number of nitrogens with zero attached hydrogens (tertiary/aromatic N) is 4. The predicted octanol–water partition coefficient (Wildman–Crippen LogP) is 3.87. The summed E-state index contributed by atoms with van der Waals surface area (Å²) in [6.45, 7) is 4.77. The summed E-state index contributed by atoms with van der Waals surface area (Å²) in [4.78, 5) is 9.46. The molecule has 2 aromatic carbocycles. The van der Waals surface area contributed by atoms with Crippen molar-refractivity contribution >= 4 is 28.1 Å². The van der Waals surface area contributed by atoms with Crippen molar-refractivity contribution in [1.82, 2.24) is 14.3 Å². The standard InChI is InChI=1S/C24H27N5O2S.ClH/c1-18(2)32(30,31)29-14-21-10-20(12-25)8-9-24(21)28(15-22-13-26-17-27-22)16-23(29)11-19-6-4-3-5-7-19;/h3-10,13,17-18,23H,11,14-16H2,1-2H3,(H,26,27);1H/t23-;/m1./s1. The normalized spacial score (nSPS) is 16.5. The first-order chi connectivity index (χ1) is 15.4. The van der Waals surface area contributed by atoms with Crippen molar-refractivity contribution in [2.45, 2.75) is 44.6 Å². The monoisotopic (exact) mass is 485 g/mol. The lowest BCUT2D eigenvalue weighted by molar-refractivity contribution is 0.315. The molecule has 174 valence electrons. The third-order valence-corrected chi connectivity index (χ3v) is 8.14. The molecule has 0 fully saturated rings. The summed E-state index contributed by atoms with van der Waals surface area (Å²) in [7, 11) is -3.54. The zero-order valence-corrected chi connectivity index (χ0v) is 20.3. The van der Waals surface area contributed by atoms with Gasteiger partial charge < -0.3 is 9.88 Å². The minimum Gasteiger partial charge on any atom is -0.364 e. The number of imidazole rings is 1. The Labute approximate surface area is 201 Å². The average molecular weight is 486 g/mol. The van der Waals surface area contributed by atoms with Crippen molar-refractivity contribution in [3.63, 3.8) is 0 Å². The maximum atomic E-state index is 13.5. The molecular weight excluding hydrogens is 458 g/mol. The van der Waals surface area contributed by atoms with Gasteiger partial charge in [0.25, 0.3) is 0 Å². The van der Waals surface area contributed by atoms with Crippen LogP contribution in [0.3, 0.4) is 0 Å². The Hall–Kier alpha value is -2.86. The van der Waals surface area contributed by atoms with E-state index in [1.807, 2.05) is 42.5 Å². The molecule has 4 rings (SSSR count). The number of sulfonamides is 1. The van der Waals surface area contributed by atoms with E-state index < -0.39 is 15.3 Å². The Bertz CT molecular complexity index is 1210. The molecule has 0 unspecified atom stereocenters. The topological polar surface area (TPSA) is 93.1 Å². The molecule has 33 heavy (non-hydrogen) atoms. The van der Waals surface area contributed by atoms with E-state index in [2.05, 4.69) is 20.9 Å². The fourth-order valence-electron chi connectivity index (χ4n) is 4.18. The largest absolute Gasteiger partial charge is 0.364 e. The second-order valence-corrected chi connectivity index (χ2v) is 10.8. The van der Waals surface area contributed by atoms with Crippen LogP contribution in [0.2, 0.25) is 0 Å². The number of halogens is 1. The number of hydrogen-bond acceptors (Lipinski definition) is 5. The van der Waals surface area contributed by atoms with Crippen molar-refractivity contribution < 1.29 is 8.42 Å². The van der Waals surface area contributed by atoms with Gasteiger partial charge in [0, 0.05) is 31.0 Å². The van der Waals surface area contributed by atoms with Crippen molar-refractivity contribution in [1.29, 1.82) is 5.26 Å². The molecule has 0 saturated carbocycles.